The van der Waals surface area contributed by atoms with E-state index in [4.69, 9.17) is 18.9 Å². The van der Waals surface area contributed by atoms with Gasteiger partial charge in [0.05, 0.1) is 41.3 Å². The first kappa shape index (κ1) is 24.8. The Hall–Kier alpha value is -0.240. The van der Waals surface area contributed by atoms with Crippen LogP contribution in [0.15, 0.2) is 0 Å². The molecule has 0 aromatic carbocycles. The van der Waals surface area contributed by atoms with E-state index in [1.807, 2.05) is 27.7 Å². The van der Waals surface area contributed by atoms with Gasteiger partial charge in [-0.1, -0.05) is 0 Å². The predicted molar refractivity (Wildman–Crippen MR) is 102 cm³/mol. The first-order valence-corrected chi connectivity index (χ1v) is 9.80. The Morgan fingerprint density at radius 2 is 0.840 bits per heavy atom. The van der Waals surface area contributed by atoms with E-state index in [1.54, 1.807) is 0 Å². The standard InChI is InChI=1S/C19H44N2O4/c1-9-22-18(23-10-2)16-20(5,6)14-13-15-21(7,8)17-19(24-11-3)25-12-4/h18-19H,9-17H2,1-8H3/q+2. The van der Waals surface area contributed by atoms with Gasteiger partial charge in [-0.3, -0.25) is 0 Å². The minimum Gasteiger partial charge on any atom is -0.348 e. The molecule has 0 bridgehead atoms. The Bertz CT molecular complexity index is 283. The molecule has 0 saturated carbocycles. The van der Waals surface area contributed by atoms with Gasteiger partial charge in [-0.05, 0) is 27.7 Å². The number of likely N-dealkylation sites (N-methyl/N-ethyl adjacent to an activating group) is 2. The quantitative estimate of drug-likeness (QED) is 0.311. The Balaban J connectivity index is 4.38. The van der Waals surface area contributed by atoms with Crippen LogP contribution in [-0.2, 0) is 18.9 Å². The molecule has 6 heteroatoms. The Morgan fingerprint density at radius 1 is 0.560 bits per heavy atom. The predicted octanol–water partition coefficient (Wildman–Crippen LogP) is 2.33. The molecule has 0 unspecified atom stereocenters. The first-order chi connectivity index (χ1) is 11.7. The molecule has 25 heavy (non-hydrogen) atoms. The second-order valence-corrected chi connectivity index (χ2v) is 7.72. The van der Waals surface area contributed by atoms with Crippen molar-refractivity contribution in [3.63, 3.8) is 0 Å². The molecule has 0 aliphatic rings. The molecule has 0 radical (unpaired) electrons. The maximum absolute atomic E-state index is 5.70. The van der Waals surface area contributed by atoms with Gasteiger partial charge in [0, 0.05) is 32.8 Å². The number of ether oxygens (including phenoxy) is 4. The van der Waals surface area contributed by atoms with Crippen molar-refractivity contribution in [2.45, 2.75) is 46.7 Å². The average Bonchev–Trinajstić information content (AvgIpc) is 2.46. The van der Waals surface area contributed by atoms with E-state index < -0.39 is 0 Å². The fourth-order valence-electron chi connectivity index (χ4n) is 2.97. The Labute approximate surface area is 156 Å². The van der Waals surface area contributed by atoms with Crippen LogP contribution in [0, 0.1) is 0 Å². The SMILES string of the molecule is CCOC(C[N+](C)(C)CCC[N+](C)(C)CC(OCC)OCC)OCC. The molecule has 0 saturated heterocycles. The second kappa shape index (κ2) is 13.0. The van der Waals surface area contributed by atoms with E-state index in [0.717, 1.165) is 41.6 Å². The van der Waals surface area contributed by atoms with Crippen LogP contribution in [0.4, 0.5) is 0 Å². The number of nitrogens with zero attached hydrogens (tertiary/aromatic N) is 2. The highest BCUT2D eigenvalue weighted by atomic mass is 16.7. The van der Waals surface area contributed by atoms with Crippen molar-refractivity contribution in [2.24, 2.45) is 0 Å². The summed E-state index contributed by atoms with van der Waals surface area (Å²) in [5.74, 6) is 0. The molecular formula is C19H44N2O4+2. The Morgan fingerprint density at radius 3 is 1.08 bits per heavy atom. The van der Waals surface area contributed by atoms with Gasteiger partial charge in [-0.15, -0.1) is 0 Å². The summed E-state index contributed by atoms with van der Waals surface area (Å²) in [6, 6.07) is 0. The molecule has 0 aliphatic carbocycles. The van der Waals surface area contributed by atoms with Crippen molar-refractivity contribution in [3.05, 3.63) is 0 Å². The summed E-state index contributed by atoms with van der Waals surface area (Å²) in [6.45, 7) is 14.7. The van der Waals surface area contributed by atoms with Crippen LogP contribution < -0.4 is 0 Å². The van der Waals surface area contributed by atoms with Gasteiger partial charge in [0.25, 0.3) is 0 Å². The minimum atomic E-state index is -0.118. The third kappa shape index (κ3) is 12.7. The first-order valence-electron chi connectivity index (χ1n) is 9.80. The normalized spacial score (nSPS) is 13.2. The lowest BCUT2D eigenvalue weighted by Gasteiger charge is -2.36. The summed E-state index contributed by atoms with van der Waals surface area (Å²) in [5.41, 5.74) is 0. The highest BCUT2D eigenvalue weighted by Gasteiger charge is 2.26. The number of hydrogen-bond donors (Lipinski definition) is 0. The van der Waals surface area contributed by atoms with E-state index in [-0.39, 0.29) is 12.6 Å². The van der Waals surface area contributed by atoms with E-state index in [2.05, 4.69) is 28.2 Å². The number of quaternary nitrogens is 2. The number of hydrogen-bond acceptors (Lipinski definition) is 4. The van der Waals surface area contributed by atoms with Gasteiger partial charge in [0.1, 0.15) is 13.1 Å². The van der Waals surface area contributed by atoms with E-state index in [0.29, 0.717) is 26.4 Å². The monoisotopic (exact) mass is 364 g/mol. The van der Waals surface area contributed by atoms with E-state index in [9.17, 15) is 0 Å². The fourth-order valence-corrected chi connectivity index (χ4v) is 2.97. The molecule has 6 nitrogen and oxygen atoms in total. The third-order valence-corrected chi connectivity index (χ3v) is 4.22. The smallest absolute Gasteiger partial charge is 0.207 e. The zero-order valence-electron chi connectivity index (χ0n) is 18.0. The highest BCUT2D eigenvalue weighted by Crippen LogP contribution is 2.10. The maximum atomic E-state index is 5.70. The van der Waals surface area contributed by atoms with Crippen molar-refractivity contribution in [1.29, 1.82) is 0 Å². The molecule has 0 heterocycles. The van der Waals surface area contributed by atoms with Gasteiger partial charge in [-0.2, -0.15) is 0 Å². The topological polar surface area (TPSA) is 36.9 Å². The summed E-state index contributed by atoms with van der Waals surface area (Å²) in [6.07, 6.45) is 0.899. The molecule has 152 valence electrons. The van der Waals surface area contributed by atoms with Crippen LogP contribution in [0.3, 0.4) is 0 Å². The van der Waals surface area contributed by atoms with Crippen molar-refractivity contribution < 1.29 is 27.9 Å². The molecule has 0 aromatic rings. The molecule has 0 aromatic heterocycles. The molecule has 0 N–H and O–H groups in total. The third-order valence-electron chi connectivity index (χ3n) is 4.22. The summed E-state index contributed by atoms with van der Waals surface area (Å²) in [7, 11) is 8.98. The van der Waals surface area contributed by atoms with Crippen molar-refractivity contribution in [2.75, 3.05) is 80.8 Å². The van der Waals surface area contributed by atoms with Gasteiger partial charge in [-0.25, -0.2) is 0 Å². The Kier molecular flexibility index (Phi) is 12.9. The van der Waals surface area contributed by atoms with Crippen LogP contribution in [0.25, 0.3) is 0 Å². The van der Waals surface area contributed by atoms with Crippen molar-refractivity contribution in [1.82, 2.24) is 0 Å². The van der Waals surface area contributed by atoms with Gasteiger partial charge in [0.15, 0.2) is 0 Å². The molecule has 0 rings (SSSR count). The highest BCUT2D eigenvalue weighted by molar-refractivity contribution is 4.47. The maximum Gasteiger partial charge on any atom is 0.207 e. The molecule has 0 aliphatic heterocycles. The van der Waals surface area contributed by atoms with Crippen LogP contribution in [0.1, 0.15) is 34.1 Å². The second-order valence-electron chi connectivity index (χ2n) is 7.72. The minimum absolute atomic E-state index is 0.118. The van der Waals surface area contributed by atoms with Crippen molar-refractivity contribution >= 4 is 0 Å². The van der Waals surface area contributed by atoms with Gasteiger partial charge >= 0.3 is 0 Å². The lowest BCUT2D eigenvalue weighted by atomic mass is 10.3. The molecule has 0 spiro atoms. The van der Waals surface area contributed by atoms with E-state index >= 15 is 0 Å². The summed E-state index contributed by atoms with van der Waals surface area (Å²) >= 11 is 0. The molecular weight excluding hydrogens is 320 g/mol. The van der Waals surface area contributed by atoms with Crippen LogP contribution >= 0.6 is 0 Å². The summed E-state index contributed by atoms with van der Waals surface area (Å²) < 4.78 is 24.6. The van der Waals surface area contributed by atoms with Gasteiger partial charge in [0.2, 0.25) is 12.6 Å². The van der Waals surface area contributed by atoms with Crippen LogP contribution in [0.2, 0.25) is 0 Å². The number of rotatable bonds is 16. The zero-order chi connectivity index (χ0) is 19.3. The molecule has 0 atom stereocenters. The van der Waals surface area contributed by atoms with Crippen LogP contribution in [0.5, 0.6) is 0 Å². The zero-order valence-corrected chi connectivity index (χ0v) is 18.0. The lowest BCUT2D eigenvalue weighted by Crippen LogP contribution is -2.51. The summed E-state index contributed by atoms with van der Waals surface area (Å²) in [4.78, 5) is 0. The summed E-state index contributed by atoms with van der Waals surface area (Å²) in [5, 5.41) is 0. The van der Waals surface area contributed by atoms with Gasteiger partial charge < -0.3 is 27.9 Å². The molecule has 0 amide bonds. The van der Waals surface area contributed by atoms with E-state index in [1.165, 1.54) is 0 Å². The largest absolute Gasteiger partial charge is 0.348 e. The fraction of sp³-hybridized carbons (Fsp3) is 1.00. The average molecular weight is 365 g/mol. The lowest BCUT2D eigenvalue weighted by molar-refractivity contribution is -0.915. The van der Waals surface area contributed by atoms with Crippen LogP contribution in [-0.4, -0.2) is 102 Å². The van der Waals surface area contributed by atoms with Crippen molar-refractivity contribution in [3.8, 4) is 0 Å². The molecule has 0 fully saturated rings.